The molecule has 1 aliphatic heterocycles. The van der Waals surface area contributed by atoms with Gasteiger partial charge in [-0.05, 0) is 26.8 Å². The number of carbonyl (C=O) groups excluding carboxylic acids is 1. The summed E-state index contributed by atoms with van der Waals surface area (Å²) in [5.74, 6) is 1.22. The topological polar surface area (TPSA) is 73.4 Å². The van der Waals surface area contributed by atoms with E-state index in [0.717, 1.165) is 29.3 Å². The molecule has 0 radical (unpaired) electrons. The minimum atomic E-state index is 0.0306. The highest BCUT2D eigenvalue weighted by Gasteiger charge is 2.35. The van der Waals surface area contributed by atoms with Crippen LogP contribution in [0, 0.1) is 26.7 Å². The number of methoxy groups -OCH3 is 1. The van der Waals surface area contributed by atoms with Gasteiger partial charge in [-0.25, -0.2) is 0 Å². The normalized spacial score (nSPS) is 20.4. The second-order valence-electron chi connectivity index (χ2n) is 6.87. The Morgan fingerprint density at radius 2 is 2.08 bits per heavy atom. The summed E-state index contributed by atoms with van der Waals surface area (Å²) in [6, 6.07) is 3.97. The van der Waals surface area contributed by atoms with Gasteiger partial charge in [0, 0.05) is 57.3 Å². The predicted molar refractivity (Wildman–Crippen MR) is 92.1 cm³/mol. The van der Waals surface area contributed by atoms with Crippen molar-refractivity contribution < 1.29 is 14.1 Å². The van der Waals surface area contributed by atoms with Gasteiger partial charge in [-0.2, -0.15) is 5.10 Å². The fourth-order valence-electron chi connectivity index (χ4n) is 3.54. The maximum atomic E-state index is 12.6. The molecule has 1 fully saturated rings. The molecule has 3 rings (SSSR count). The first-order valence-electron chi connectivity index (χ1n) is 8.70. The summed E-state index contributed by atoms with van der Waals surface area (Å²) >= 11 is 0. The van der Waals surface area contributed by atoms with Crippen molar-refractivity contribution in [2.24, 2.45) is 5.92 Å². The maximum absolute atomic E-state index is 12.6. The van der Waals surface area contributed by atoms with Crippen molar-refractivity contribution in [3.63, 3.8) is 0 Å². The van der Waals surface area contributed by atoms with E-state index in [4.69, 9.17) is 9.26 Å². The second-order valence-corrected chi connectivity index (χ2v) is 6.87. The molecule has 3 heterocycles. The second kappa shape index (κ2) is 7.39. The lowest BCUT2D eigenvalue weighted by molar-refractivity contribution is -0.130. The molecule has 2 atom stereocenters. The molecule has 0 spiro atoms. The van der Waals surface area contributed by atoms with E-state index in [-0.39, 0.29) is 17.9 Å². The standard InChI is InChI=1S/C18H26N4O3/c1-12-7-14(3)22(19-12)6-5-18(23)21-10-15(17(11-21)24-4)9-16-8-13(2)20-25-16/h7-8,15,17H,5-6,9-11H2,1-4H3/t15-,17+/m1/s1. The summed E-state index contributed by atoms with van der Waals surface area (Å²) in [4.78, 5) is 14.5. The zero-order valence-corrected chi connectivity index (χ0v) is 15.4. The van der Waals surface area contributed by atoms with Crippen LogP contribution in [0.3, 0.4) is 0 Å². The number of hydrogen-bond acceptors (Lipinski definition) is 5. The van der Waals surface area contributed by atoms with Crippen LogP contribution in [0.25, 0.3) is 0 Å². The molecule has 0 unspecified atom stereocenters. The Morgan fingerprint density at radius 3 is 2.68 bits per heavy atom. The SMILES string of the molecule is CO[C@H]1CN(C(=O)CCn2nc(C)cc2C)C[C@H]1Cc1cc(C)no1. The summed E-state index contributed by atoms with van der Waals surface area (Å²) in [7, 11) is 1.70. The van der Waals surface area contributed by atoms with Gasteiger partial charge >= 0.3 is 0 Å². The van der Waals surface area contributed by atoms with Crippen molar-refractivity contribution in [3.8, 4) is 0 Å². The van der Waals surface area contributed by atoms with E-state index in [2.05, 4.69) is 10.3 Å². The zero-order valence-electron chi connectivity index (χ0n) is 15.4. The van der Waals surface area contributed by atoms with Crippen LogP contribution in [-0.4, -0.2) is 52.0 Å². The number of likely N-dealkylation sites (tertiary alicyclic amines) is 1. The highest BCUT2D eigenvalue weighted by Crippen LogP contribution is 2.24. The lowest BCUT2D eigenvalue weighted by Crippen LogP contribution is -2.30. The first-order valence-corrected chi connectivity index (χ1v) is 8.70. The molecule has 136 valence electrons. The molecule has 1 aliphatic rings. The Kier molecular flexibility index (Phi) is 5.22. The van der Waals surface area contributed by atoms with Crippen LogP contribution >= 0.6 is 0 Å². The quantitative estimate of drug-likeness (QED) is 0.799. The molecule has 1 amide bonds. The number of ether oxygens (including phenoxy) is 1. The molecule has 0 N–H and O–H groups in total. The van der Waals surface area contributed by atoms with Gasteiger partial charge in [0.2, 0.25) is 5.91 Å². The lowest BCUT2D eigenvalue weighted by atomic mass is 10.0. The van der Waals surface area contributed by atoms with Gasteiger partial charge < -0.3 is 14.2 Å². The number of rotatable bonds is 6. The first-order chi connectivity index (χ1) is 12.0. The van der Waals surface area contributed by atoms with Gasteiger partial charge in [-0.1, -0.05) is 5.16 Å². The third kappa shape index (κ3) is 4.10. The average Bonchev–Trinajstić information content (AvgIpc) is 3.25. The zero-order chi connectivity index (χ0) is 18.0. The van der Waals surface area contributed by atoms with E-state index < -0.39 is 0 Å². The third-order valence-corrected chi connectivity index (χ3v) is 4.82. The minimum Gasteiger partial charge on any atom is -0.379 e. The van der Waals surface area contributed by atoms with Crippen molar-refractivity contribution >= 4 is 5.91 Å². The van der Waals surface area contributed by atoms with E-state index in [0.29, 0.717) is 26.1 Å². The van der Waals surface area contributed by atoms with Crippen LogP contribution in [-0.2, 0) is 22.5 Å². The van der Waals surface area contributed by atoms with Gasteiger partial charge in [0.1, 0.15) is 5.76 Å². The summed E-state index contributed by atoms with van der Waals surface area (Å²) in [6.07, 6.45) is 1.22. The van der Waals surface area contributed by atoms with Gasteiger partial charge in [-0.3, -0.25) is 9.48 Å². The van der Waals surface area contributed by atoms with Crippen LogP contribution < -0.4 is 0 Å². The molecular formula is C18H26N4O3. The van der Waals surface area contributed by atoms with E-state index in [9.17, 15) is 4.79 Å². The van der Waals surface area contributed by atoms with E-state index in [1.54, 1.807) is 7.11 Å². The molecule has 7 nitrogen and oxygen atoms in total. The predicted octanol–water partition coefficient (Wildman–Crippen LogP) is 1.90. The molecule has 0 aromatic carbocycles. The van der Waals surface area contributed by atoms with E-state index in [1.165, 1.54) is 0 Å². The van der Waals surface area contributed by atoms with Crippen LogP contribution in [0.4, 0.5) is 0 Å². The maximum Gasteiger partial charge on any atom is 0.224 e. The summed E-state index contributed by atoms with van der Waals surface area (Å²) in [6.45, 7) is 7.81. The van der Waals surface area contributed by atoms with Crippen LogP contribution in [0.2, 0.25) is 0 Å². The third-order valence-electron chi connectivity index (χ3n) is 4.82. The smallest absolute Gasteiger partial charge is 0.224 e. The number of hydrogen-bond donors (Lipinski definition) is 0. The van der Waals surface area contributed by atoms with Gasteiger partial charge in [0.25, 0.3) is 0 Å². The van der Waals surface area contributed by atoms with Crippen LogP contribution in [0.1, 0.15) is 29.3 Å². The fraction of sp³-hybridized carbons (Fsp3) is 0.611. The highest BCUT2D eigenvalue weighted by molar-refractivity contribution is 5.76. The highest BCUT2D eigenvalue weighted by atomic mass is 16.5. The van der Waals surface area contributed by atoms with E-state index in [1.807, 2.05) is 42.5 Å². The minimum absolute atomic E-state index is 0.0306. The largest absolute Gasteiger partial charge is 0.379 e. The van der Waals surface area contributed by atoms with Crippen molar-refractivity contribution in [2.45, 2.75) is 46.3 Å². The molecule has 1 saturated heterocycles. The Hall–Kier alpha value is -2.15. The van der Waals surface area contributed by atoms with Crippen LogP contribution in [0.5, 0.6) is 0 Å². The summed E-state index contributed by atoms with van der Waals surface area (Å²) < 4.78 is 12.8. The molecule has 2 aromatic rings. The van der Waals surface area contributed by atoms with Crippen molar-refractivity contribution in [1.29, 1.82) is 0 Å². The molecule has 2 aromatic heterocycles. The number of nitrogens with zero attached hydrogens (tertiary/aromatic N) is 4. The summed E-state index contributed by atoms with van der Waals surface area (Å²) in [5, 5.41) is 8.35. The fourth-order valence-corrected chi connectivity index (χ4v) is 3.54. The van der Waals surface area contributed by atoms with E-state index >= 15 is 0 Å². The van der Waals surface area contributed by atoms with Gasteiger partial charge in [0.15, 0.2) is 0 Å². The Morgan fingerprint density at radius 1 is 1.28 bits per heavy atom. The Bertz CT molecular complexity index is 737. The Labute approximate surface area is 147 Å². The lowest BCUT2D eigenvalue weighted by Gasteiger charge is -2.16. The number of aromatic nitrogens is 3. The summed E-state index contributed by atoms with van der Waals surface area (Å²) in [5.41, 5.74) is 2.94. The number of carbonyl (C=O) groups is 1. The molecule has 0 saturated carbocycles. The number of amides is 1. The monoisotopic (exact) mass is 346 g/mol. The van der Waals surface area contributed by atoms with Crippen molar-refractivity contribution in [3.05, 3.63) is 35.0 Å². The molecule has 0 bridgehead atoms. The molecule has 25 heavy (non-hydrogen) atoms. The van der Waals surface area contributed by atoms with Crippen molar-refractivity contribution in [2.75, 3.05) is 20.2 Å². The molecular weight excluding hydrogens is 320 g/mol. The average molecular weight is 346 g/mol. The first kappa shape index (κ1) is 17.7. The molecule has 0 aliphatic carbocycles. The van der Waals surface area contributed by atoms with Gasteiger partial charge in [-0.15, -0.1) is 0 Å². The van der Waals surface area contributed by atoms with Gasteiger partial charge in [0.05, 0.1) is 17.5 Å². The van der Waals surface area contributed by atoms with Crippen LogP contribution in [0.15, 0.2) is 16.7 Å². The molecule has 7 heteroatoms. The number of aryl methyl sites for hydroxylation is 4. The Balaban J connectivity index is 1.57. The van der Waals surface area contributed by atoms with Crippen molar-refractivity contribution in [1.82, 2.24) is 19.8 Å².